The van der Waals surface area contributed by atoms with Crippen molar-refractivity contribution in [1.29, 1.82) is 0 Å². The number of unbranched alkanes of at least 4 members (excludes halogenated alkanes) is 45. The Hall–Kier alpha value is -3.96. The highest BCUT2D eigenvalue weighted by atomic mass is 16.6. The second-order valence-corrected chi connectivity index (χ2v) is 27.1. The van der Waals surface area contributed by atoms with Gasteiger partial charge >= 0.3 is 11.9 Å². The minimum absolute atomic E-state index is 0.0641. The van der Waals surface area contributed by atoms with Gasteiger partial charge in [0.1, 0.15) is 6.61 Å². The SMILES string of the molecule is CC/C=C\C/C=C\C/C=C\C/C=C\C/C=C\C/C=C\C/C=C\CCCCCCCCCCCCCCCCCCCCCC(=O)OC(CO)COC(=O)CCCCCCCCCCCCCCCCCCCCCCCCCCCC/C=C\C/C=C\C/C=C\C/C=C\CC. The molecule has 1 unspecified atom stereocenters. The normalized spacial score (nSPS) is 12.9. The Morgan fingerprint density at radius 1 is 0.245 bits per heavy atom. The molecule has 0 aromatic heterocycles. The molecule has 0 aliphatic rings. The largest absolute Gasteiger partial charge is 0.462 e. The van der Waals surface area contributed by atoms with E-state index in [1.165, 1.54) is 263 Å². The van der Waals surface area contributed by atoms with Crippen LogP contribution in [0, 0.1) is 0 Å². The van der Waals surface area contributed by atoms with Gasteiger partial charge in [-0.3, -0.25) is 9.59 Å². The maximum Gasteiger partial charge on any atom is 0.306 e. The highest BCUT2D eigenvalue weighted by Crippen LogP contribution is 2.19. The smallest absolute Gasteiger partial charge is 0.306 e. The highest BCUT2D eigenvalue weighted by Gasteiger charge is 2.16. The van der Waals surface area contributed by atoms with Crippen molar-refractivity contribution in [1.82, 2.24) is 0 Å². The van der Waals surface area contributed by atoms with Gasteiger partial charge in [-0.25, -0.2) is 0 Å². The van der Waals surface area contributed by atoms with Crippen molar-refractivity contribution in [2.75, 3.05) is 13.2 Å². The molecular formula is C89H154O5. The van der Waals surface area contributed by atoms with Crippen molar-refractivity contribution in [2.45, 2.75) is 405 Å². The molecule has 0 rings (SSSR count). The van der Waals surface area contributed by atoms with Crippen LogP contribution in [-0.2, 0) is 19.1 Å². The first-order valence-electron chi connectivity index (χ1n) is 40.7. The van der Waals surface area contributed by atoms with Gasteiger partial charge in [-0.05, 0) is 109 Å². The van der Waals surface area contributed by atoms with Crippen LogP contribution < -0.4 is 0 Å². The monoisotopic (exact) mass is 1300 g/mol. The average molecular weight is 1300 g/mol. The van der Waals surface area contributed by atoms with Crippen LogP contribution in [0.15, 0.2) is 134 Å². The summed E-state index contributed by atoms with van der Waals surface area (Å²) in [5, 5.41) is 9.74. The van der Waals surface area contributed by atoms with Crippen LogP contribution in [0.4, 0.5) is 0 Å². The van der Waals surface area contributed by atoms with E-state index < -0.39 is 6.10 Å². The number of ether oxygens (including phenoxy) is 2. The fraction of sp³-hybridized carbons (Fsp3) is 0.730. The zero-order chi connectivity index (χ0) is 67.5. The number of aliphatic hydroxyl groups excluding tert-OH is 1. The first kappa shape index (κ1) is 90.0. The number of allylic oxidation sites excluding steroid dienone is 22. The summed E-state index contributed by atoms with van der Waals surface area (Å²) in [6.07, 6.45) is 124. The van der Waals surface area contributed by atoms with Crippen LogP contribution in [0.3, 0.4) is 0 Å². The van der Waals surface area contributed by atoms with Crippen LogP contribution in [0.2, 0.25) is 0 Å². The standard InChI is InChI=1S/C89H154O5/c1-3-5-7-9-11-13-15-17-19-21-23-25-27-29-31-33-35-37-39-41-43-44-46-48-50-52-54-56-58-60-62-64-66-68-70-72-74-76-78-80-82-84-89(92)94-87(85-90)86-93-88(91)83-81-79-77-75-73-71-69-67-65-63-61-59-57-55-53-51-49-47-45-42-40-38-36-34-32-30-28-26-24-22-20-18-16-14-12-10-8-6-4-2/h5-8,11-14,17-20,23-26,29,31,35,37,41,43,87,90H,3-4,9-10,15-16,21-22,27-28,30,32-34,36,38-40,42,44-86H2,1-2H3/b7-5-,8-6-,13-11-,14-12-,19-17-,20-18-,25-23-,26-24-,31-29-,37-35-,43-41-. The van der Waals surface area contributed by atoms with Crippen molar-refractivity contribution in [3.63, 3.8) is 0 Å². The van der Waals surface area contributed by atoms with E-state index in [1.54, 1.807) is 0 Å². The van der Waals surface area contributed by atoms with Crippen molar-refractivity contribution in [2.24, 2.45) is 0 Å². The van der Waals surface area contributed by atoms with E-state index >= 15 is 0 Å². The molecule has 0 aromatic rings. The summed E-state index contributed by atoms with van der Waals surface area (Å²) >= 11 is 0. The lowest BCUT2D eigenvalue weighted by Crippen LogP contribution is -2.28. The first-order valence-corrected chi connectivity index (χ1v) is 40.7. The summed E-state index contributed by atoms with van der Waals surface area (Å²) in [4.78, 5) is 24.7. The molecule has 0 aliphatic carbocycles. The van der Waals surface area contributed by atoms with Gasteiger partial charge in [0.05, 0.1) is 6.61 Å². The molecule has 0 amide bonds. The lowest BCUT2D eigenvalue weighted by Gasteiger charge is -2.15. The molecule has 0 saturated carbocycles. The molecule has 0 spiro atoms. The van der Waals surface area contributed by atoms with E-state index in [4.69, 9.17) is 9.47 Å². The minimum Gasteiger partial charge on any atom is -0.462 e. The van der Waals surface area contributed by atoms with Crippen LogP contribution >= 0.6 is 0 Å². The zero-order valence-electron chi connectivity index (χ0n) is 62.2. The third-order valence-corrected chi connectivity index (χ3v) is 17.9. The van der Waals surface area contributed by atoms with Crippen molar-refractivity contribution >= 4 is 11.9 Å². The highest BCUT2D eigenvalue weighted by molar-refractivity contribution is 5.70. The number of carbonyl (C=O) groups excluding carboxylic acids is 2. The average Bonchev–Trinajstić information content (AvgIpc) is 3.77. The predicted octanol–water partition coefficient (Wildman–Crippen LogP) is 29.0. The predicted molar refractivity (Wildman–Crippen MR) is 417 cm³/mol. The second kappa shape index (κ2) is 83.3. The molecule has 0 radical (unpaired) electrons. The molecule has 94 heavy (non-hydrogen) atoms. The van der Waals surface area contributed by atoms with Crippen LogP contribution in [-0.4, -0.2) is 36.4 Å². The molecule has 1 atom stereocenters. The van der Waals surface area contributed by atoms with Gasteiger partial charge in [0.15, 0.2) is 6.10 Å². The Kier molecular flexibility index (Phi) is 79.8. The quantitative estimate of drug-likeness (QED) is 0.0373. The topological polar surface area (TPSA) is 72.8 Å². The molecule has 1 N–H and O–H groups in total. The van der Waals surface area contributed by atoms with E-state index in [0.29, 0.717) is 12.8 Å². The van der Waals surface area contributed by atoms with E-state index in [9.17, 15) is 14.7 Å². The third kappa shape index (κ3) is 80.5. The minimum atomic E-state index is -0.776. The van der Waals surface area contributed by atoms with Gasteiger partial charge in [-0.1, -0.05) is 411 Å². The molecule has 0 aliphatic heterocycles. The third-order valence-electron chi connectivity index (χ3n) is 17.9. The summed E-state index contributed by atoms with van der Waals surface area (Å²) in [7, 11) is 0. The lowest BCUT2D eigenvalue weighted by atomic mass is 10.0. The van der Waals surface area contributed by atoms with Crippen molar-refractivity contribution in [3.8, 4) is 0 Å². The number of aliphatic hydroxyl groups is 1. The maximum absolute atomic E-state index is 12.4. The van der Waals surface area contributed by atoms with Gasteiger partial charge in [0, 0.05) is 12.8 Å². The van der Waals surface area contributed by atoms with Crippen molar-refractivity contribution < 1.29 is 24.2 Å². The van der Waals surface area contributed by atoms with Gasteiger partial charge in [-0.2, -0.15) is 0 Å². The Balaban J connectivity index is 3.41. The summed E-state index contributed by atoms with van der Waals surface area (Å²) in [5.41, 5.74) is 0. The van der Waals surface area contributed by atoms with Gasteiger partial charge in [0.2, 0.25) is 0 Å². The molecule has 0 heterocycles. The van der Waals surface area contributed by atoms with E-state index in [0.717, 1.165) is 109 Å². The summed E-state index contributed by atoms with van der Waals surface area (Å²) in [6, 6.07) is 0. The number of rotatable bonds is 75. The maximum atomic E-state index is 12.4. The summed E-state index contributed by atoms with van der Waals surface area (Å²) < 4.78 is 10.8. The number of esters is 2. The molecule has 0 bridgehead atoms. The first-order chi connectivity index (χ1) is 46.6. The fourth-order valence-electron chi connectivity index (χ4n) is 11.9. The number of carbonyl (C=O) groups is 2. The van der Waals surface area contributed by atoms with Crippen molar-refractivity contribution in [3.05, 3.63) is 134 Å². The molecule has 0 saturated heterocycles. The number of hydrogen-bond acceptors (Lipinski definition) is 5. The number of hydrogen-bond donors (Lipinski definition) is 1. The molecule has 5 nitrogen and oxygen atoms in total. The fourth-order valence-corrected chi connectivity index (χ4v) is 11.9. The molecule has 540 valence electrons. The zero-order valence-corrected chi connectivity index (χ0v) is 62.2. The Morgan fingerprint density at radius 3 is 0.638 bits per heavy atom. The molecule has 0 aromatic carbocycles. The molecule has 0 fully saturated rings. The molecule has 5 heteroatoms. The molecular weight excluding hydrogens is 1150 g/mol. The lowest BCUT2D eigenvalue weighted by molar-refractivity contribution is -0.161. The van der Waals surface area contributed by atoms with Crippen LogP contribution in [0.25, 0.3) is 0 Å². The Morgan fingerprint density at radius 2 is 0.426 bits per heavy atom. The van der Waals surface area contributed by atoms with Gasteiger partial charge in [-0.15, -0.1) is 0 Å². The summed E-state index contributed by atoms with van der Waals surface area (Å²) in [6.45, 7) is 3.96. The Bertz CT molecular complexity index is 1870. The van der Waals surface area contributed by atoms with Crippen LogP contribution in [0.1, 0.15) is 399 Å². The van der Waals surface area contributed by atoms with Gasteiger partial charge < -0.3 is 14.6 Å². The van der Waals surface area contributed by atoms with Gasteiger partial charge in [0.25, 0.3) is 0 Å². The van der Waals surface area contributed by atoms with E-state index in [1.807, 2.05) is 0 Å². The second-order valence-electron chi connectivity index (χ2n) is 27.1. The van der Waals surface area contributed by atoms with E-state index in [-0.39, 0.29) is 25.2 Å². The van der Waals surface area contributed by atoms with Crippen LogP contribution in [0.5, 0.6) is 0 Å². The summed E-state index contributed by atoms with van der Waals surface area (Å²) in [5.74, 6) is -0.572. The van der Waals surface area contributed by atoms with E-state index in [2.05, 4.69) is 148 Å². The Labute approximate surface area is 585 Å².